The van der Waals surface area contributed by atoms with Gasteiger partial charge < -0.3 is 15.2 Å². The van der Waals surface area contributed by atoms with Gasteiger partial charge in [-0.25, -0.2) is 0 Å². The fraction of sp³-hybridized carbons (Fsp3) is 0.500. The lowest BCUT2D eigenvalue weighted by Crippen LogP contribution is -2.43. The van der Waals surface area contributed by atoms with Crippen molar-refractivity contribution in [2.24, 2.45) is 0 Å². The van der Waals surface area contributed by atoms with Crippen molar-refractivity contribution in [1.82, 2.24) is 10.2 Å². The van der Waals surface area contributed by atoms with Crippen LogP contribution >= 0.6 is 0 Å². The zero-order valence-electron chi connectivity index (χ0n) is 13.4. The lowest BCUT2D eigenvalue weighted by molar-refractivity contribution is -0.274. The first-order valence-electron chi connectivity index (χ1n) is 7.83. The molecule has 0 radical (unpaired) electrons. The summed E-state index contributed by atoms with van der Waals surface area (Å²) in [4.78, 5) is 24.6. The normalized spacial score (nSPS) is 18.1. The lowest BCUT2D eigenvalue weighted by Gasteiger charge is -2.20. The van der Waals surface area contributed by atoms with Gasteiger partial charge in [0.25, 0.3) is 0 Å². The highest BCUT2D eigenvalue weighted by molar-refractivity contribution is 5.80. The third-order valence-corrected chi connectivity index (χ3v) is 3.89. The molecular formula is C16H19F3N2O4. The Bertz CT molecular complexity index is 604. The van der Waals surface area contributed by atoms with Crippen LogP contribution in [0.2, 0.25) is 0 Å². The zero-order valence-corrected chi connectivity index (χ0v) is 13.4. The second-order valence-corrected chi connectivity index (χ2v) is 5.76. The van der Waals surface area contributed by atoms with Gasteiger partial charge in [0.05, 0.1) is 6.54 Å². The summed E-state index contributed by atoms with van der Waals surface area (Å²) in [5, 5.41) is 11.7. The summed E-state index contributed by atoms with van der Waals surface area (Å²) < 4.78 is 40.0. The molecule has 1 aromatic rings. The summed E-state index contributed by atoms with van der Waals surface area (Å²) in [5.74, 6) is -1.49. The molecular weight excluding hydrogens is 341 g/mol. The fourth-order valence-corrected chi connectivity index (χ4v) is 2.74. The van der Waals surface area contributed by atoms with Gasteiger partial charge in [0.1, 0.15) is 11.8 Å². The Morgan fingerprint density at radius 1 is 1.28 bits per heavy atom. The molecule has 6 nitrogen and oxygen atoms in total. The van der Waals surface area contributed by atoms with Crippen molar-refractivity contribution in [3.8, 4) is 5.75 Å². The number of carbonyl (C=O) groups is 2. The molecule has 0 bridgehead atoms. The number of benzene rings is 1. The van der Waals surface area contributed by atoms with E-state index in [0.29, 0.717) is 25.9 Å². The molecule has 2 N–H and O–H groups in total. The molecule has 0 aromatic heterocycles. The summed E-state index contributed by atoms with van der Waals surface area (Å²) in [6, 6.07) is 4.80. The van der Waals surface area contributed by atoms with Crippen LogP contribution in [0.15, 0.2) is 24.3 Å². The SMILES string of the molecule is O=C(CN1CCC[C@H]1C(=O)O)NCCc1ccc(OC(F)(F)F)cc1. The molecule has 1 fully saturated rings. The molecule has 1 aliphatic rings. The van der Waals surface area contributed by atoms with Crippen LogP contribution in [-0.4, -0.2) is 53.9 Å². The van der Waals surface area contributed by atoms with E-state index in [1.807, 2.05) is 0 Å². The predicted octanol–water partition coefficient (Wildman–Crippen LogP) is 1.79. The number of ether oxygens (including phenoxy) is 1. The van der Waals surface area contributed by atoms with E-state index in [0.717, 1.165) is 12.0 Å². The van der Waals surface area contributed by atoms with Gasteiger partial charge in [-0.3, -0.25) is 14.5 Å². The molecule has 1 saturated heterocycles. The van der Waals surface area contributed by atoms with Crippen molar-refractivity contribution in [3.05, 3.63) is 29.8 Å². The van der Waals surface area contributed by atoms with Gasteiger partial charge in [0.15, 0.2) is 0 Å². The van der Waals surface area contributed by atoms with Gasteiger partial charge in [-0.1, -0.05) is 12.1 Å². The quantitative estimate of drug-likeness (QED) is 0.775. The predicted molar refractivity (Wildman–Crippen MR) is 82.1 cm³/mol. The molecule has 1 aliphatic heterocycles. The minimum Gasteiger partial charge on any atom is -0.480 e. The number of halogens is 3. The number of aliphatic carboxylic acids is 1. The Morgan fingerprint density at radius 3 is 2.56 bits per heavy atom. The van der Waals surface area contributed by atoms with Crippen LogP contribution in [0.4, 0.5) is 13.2 Å². The number of carbonyl (C=O) groups excluding carboxylic acids is 1. The molecule has 0 aliphatic carbocycles. The standard InChI is InChI=1S/C16H19F3N2O4/c17-16(18,19)25-12-5-3-11(4-6-12)7-8-20-14(22)10-21-9-1-2-13(21)15(23)24/h3-6,13H,1-2,7-10H2,(H,20,22)(H,23,24)/t13-/m0/s1. The number of amides is 1. The number of nitrogens with one attached hydrogen (secondary N) is 1. The Kier molecular flexibility index (Phi) is 6.24. The monoisotopic (exact) mass is 360 g/mol. The number of alkyl halides is 3. The minimum atomic E-state index is -4.72. The smallest absolute Gasteiger partial charge is 0.480 e. The molecule has 0 unspecified atom stereocenters. The van der Waals surface area contributed by atoms with Crippen LogP contribution in [-0.2, 0) is 16.0 Å². The maximum absolute atomic E-state index is 12.1. The first-order chi connectivity index (χ1) is 11.7. The van der Waals surface area contributed by atoms with Gasteiger partial charge in [0, 0.05) is 6.54 Å². The minimum absolute atomic E-state index is 0.0231. The third-order valence-electron chi connectivity index (χ3n) is 3.89. The molecule has 0 spiro atoms. The van der Waals surface area contributed by atoms with Gasteiger partial charge in [-0.2, -0.15) is 0 Å². The van der Waals surface area contributed by atoms with E-state index in [-0.39, 0.29) is 18.2 Å². The molecule has 9 heteroatoms. The van der Waals surface area contributed by atoms with E-state index in [2.05, 4.69) is 10.1 Å². The Balaban J connectivity index is 1.73. The highest BCUT2D eigenvalue weighted by Gasteiger charge is 2.32. The second kappa shape index (κ2) is 8.19. The molecule has 138 valence electrons. The van der Waals surface area contributed by atoms with Crippen LogP contribution in [0.3, 0.4) is 0 Å². The maximum atomic E-state index is 12.1. The summed E-state index contributed by atoms with van der Waals surface area (Å²) in [6.45, 7) is 0.907. The number of hydrogen-bond acceptors (Lipinski definition) is 4. The van der Waals surface area contributed by atoms with Crippen molar-refractivity contribution >= 4 is 11.9 Å². The van der Waals surface area contributed by atoms with E-state index in [9.17, 15) is 22.8 Å². The number of nitrogens with zero attached hydrogens (tertiary/aromatic N) is 1. The van der Waals surface area contributed by atoms with Gasteiger partial charge in [-0.05, 0) is 43.5 Å². The van der Waals surface area contributed by atoms with E-state index in [1.54, 1.807) is 4.90 Å². The summed E-state index contributed by atoms with van der Waals surface area (Å²) >= 11 is 0. The van der Waals surface area contributed by atoms with Crippen LogP contribution in [0, 0.1) is 0 Å². The largest absolute Gasteiger partial charge is 0.573 e. The molecule has 1 heterocycles. The van der Waals surface area contributed by atoms with E-state index < -0.39 is 18.4 Å². The Hall–Kier alpha value is -2.29. The molecule has 2 rings (SSSR count). The first-order valence-corrected chi connectivity index (χ1v) is 7.83. The van der Waals surface area contributed by atoms with E-state index >= 15 is 0 Å². The average Bonchev–Trinajstić information content (AvgIpc) is 2.96. The summed E-state index contributed by atoms with van der Waals surface area (Å²) in [6.07, 6.45) is -3.00. The van der Waals surface area contributed by atoms with Crippen LogP contribution in [0.1, 0.15) is 18.4 Å². The fourth-order valence-electron chi connectivity index (χ4n) is 2.74. The van der Waals surface area contributed by atoms with Gasteiger partial charge in [-0.15, -0.1) is 13.2 Å². The molecule has 25 heavy (non-hydrogen) atoms. The Morgan fingerprint density at radius 2 is 1.96 bits per heavy atom. The topological polar surface area (TPSA) is 78.9 Å². The first kappa shape index (κ1) is 19.0. The molecule has 1 aromatic carbocycles. The zero-order chi connectivity index (χ0) is 18.4. The van der Waals surface area contributed by atoms with Gasteiger partial charge >= 0.3 is 12.3 Å². The van der Waals surface area contributed by atoms with Crippen molar-refractivity contribution in [2.45, 2.75) is 31.7 Å². The third kappa shape index (κ3) is 6.26. The average molecular weight is 360 g/mol. The van der Waals surface area contributed by atoms with Gasteiger partial charge in [0.2, 0.25) is 5.91 Å². The van der Waals surface area contributed by atoms with Crippen molar-refractivity contribution in [2.75, 3.05) is 19.6 Å². The number of rotatable bonds is 7. The van der Waals surface area contributed by atoms with Crippen molar-refractivity contribution in [1.29, 1.82) is 0 Å². The molecule has 1 atom stereocenters. The molecule has 0 saturated carbocycles. The highest BCUT2D eigenvalue weighted by atomic mass is 19.4. The number of carboxylic acids is 1. The van der Waals surface area contributed by atoms with Crippen LogP contribution < -0.4 is 10.1 Å². The van der Waals surface area contributed by atoms with Crippen molar-refractivity contribution < 1.29 is 32.6 Å². The van der Waals surface area contributed by atoms with Crippen LogP contribution in [0.25, 0.3) is 0 Å². The van der Waals surface area contributed by atoms with E-state index in [4.69, 9.17) is 5.11 Å². The number of carboxylic acid groups (broad SMARTS) is 1. The number of hydrogen-bond donors (Lipinski definition) is 2. The summed E-state index contributed by atoms with van der Waals surface area (Å²) in [5.41, 5.74) is 0.749. The molecule has 1 amide bonds. The Labute approximate surface area is 142 Å². The maximum Gasteiger partial charge on any atom is 0.573 e. The number of likely N-dealkylation sites (tertiary alicyclic amines) is 1. The summed E-state index contributed by atoms with van der Waals surface area (Å²) in [7, 11) is 0. The second-order valence-electron chi connectivity index (χ2n) is 5.76. The lowest BCUT2D eigenvalue weighted by atomic mass is 10.1. The van der Waals surface area contributed by atoms with E-state index in [1.165, 1.54) is 24.3 Å². The highest BCUT2D eigenvalue weighted by Crippen LogP contribution is 2.22. The van der Waals surface area contributed by atoms with Crippen LogP contribution in [0.5, 0.6) is 5.75 Å². The van der Waals surface area contributed by atoms with Crippen molar-refractivity contribution in [3.63, 3.8) is 0 Å².